The van der Waals surface area contributed by atoms with Crippen LogP contribution in [0.3, 0.4) is 0 Å². The lowest BCUT2D eigenvalue weighted by Crippen LogP contribution is -2.46. The number of nitrogens with zero attached hydrogens (tertiary/aromatic N) is 1. The topological polar surface area (TPSA) is 78.9 Å². The first-order valence-electron chi connectivity index (χ1n) is 7.88. The van der Waals surface area contributed by atoms with Crippen LogP contribution in [0.4, 0.5) is 0 Å². The van der Waals surface area contributed by atoms with Gasteiger partial charge in [0.15, 0.2) is 10.9 Å². The second-order valence-corrected chi connectivity index (χ2v) is 8.53. The molecule has 1 heterocycles. The third-order valence-electron chi connectivity index (χ3n) is 3.55. The van der Waals surface area contributed by atoms with E-state index in [0.717, 1.165) is 16.8 Å². The number of hydrogen-bond acceptors (Lipinski definition) is 6. The number of thioether (sulfide) groups is 1. The maximum absolute atomic E-state index is 12.5. The molecule has 1 saturated heterocycles. The first kappa shape index (κ1) is 21.7. The molecular weight excluding hydrogens is 479 g/mol. The molecule has 2 aromatic carbocycles. The van der Waals surface area contributed by atoms with Crippen LogP contribution in [0.5, 0.6) is 11.5 Å². The number of hydrazine groups is 1. The normalized spacial score (nSPS) is 15.1. The number of nitrogens with one attached hydrogen (secondary N) is 1. The number of carbonyl (C=O) groups excluding carboxylic acids is 2. The van der Waals surface area contributed by atoms with E-state index < -0.39 is 18.4 Å². The van der Waals surface area contributed by atoms with Crippen molar-refractivity contribution in [3.05, 3.63) is 61.9 Å². The van der Waals surface area contributed by atoms with Crippen LogP contribution in [0.15, 0.2) is 41.3 Å². The van der Waals surface area contributed by atoms with Gasteiger partial charge < -0.3 is 9.84 Å². The number of amides is 2. The monoisotopic (exact) mass is 488 g/mol. The van der Waals surface area contributed by atoms with Crippen molar-refractivity contribution in [2.75, 3.05) is 6.61 Å². The van der Waals surface area contributed by atoms with Gasteiger partial charge in [-0.05, 0) is 42.1 Å². The summed E-state index contributed by atoms with van der Waals surface area (Å²) in [5.41, 5.74) is 3.09. The van der Waals surface area contributed by atoms with Crippen molar-refractivity contribution in [2.24, 2.45) is 0 Å². The van der Waals surface area contributed by atoms with Crippen LogP contribution in [-0.4, -0.2) is 32.9 Å². The summed E-state index contributed by atoms with van der Waals surface area (Å²) in [4.78, 5) is 25.0. The van der Waals surface area contributed by atoms with Gasteiger partial charge in [-0.1, -0.05) is 58.7 Å². The summed E-state index contributed by atoms with van der Waals surface area (Å²) in [5, 5.41) is 11.0. The minimum absolute atomic E-state index is 0.115. The zero-order chi connectivity index (χ0) is 21.1. The van der Waals surface area contributed by atoms with Crippen molar-refractivity contribution in [1.82, 2.24) is 10.4 Å². The second kappa shape index (κ2) is 9.23. The van der Waals surface area contributed by atoms with Crippen molar-refractivity contribution in [2.45, 2.75) is 0 Å². The Balaban J connectivity index is 1.63. The van der Waals surface area contributed by atoms with E-state index in [9.17, 15) is 14.7 Å². The van der Waals surface area contributed by atoms with Crippen LogP contribution in [0.1, 0.15) is 5.56 Å². The Labute approximate surface area is 190 Å². The van der Waals surface area contributed by atoms with Gasteiger partial charge in [0.2, 0.25) is 0 Å². The number of rotatable bonds is 5. The van der Waals surface area contributed by atoms with E-state index in [1.54, 1.807) is 18.2 Å². The molecule has 2 amide bonds. The maximum Gasteiger partial charge on any atom is 0.285 e. The Morgan fingerprint density at radius 3 is 2.52 bits per heavy atom. The third kappa shape index (κ3) is 5.34. The standard InChI is InChI=1S/C18H11Cl3N2O4S2/c19-11-6-13(21)14(7-12(11)20)27-8-16(25)22-23-17(26)15(29-18(23)28)5-9-1-3-10(24)4-2-9/h1-7,24H,8H2,(H,22,25)/b15-5-. The van der Waals surface area contributed by atoms with E-state index in [1.807, 2.05) is 0 Å². The molecule has 3 rings (SSSR count). The summed E-state index contributed by atoms with van der Waals surface area (Å²) in [5.74, 6) is -0.804. The molecule has 6 nitrogen and oxygen atoms in total. The van der Waals surface area contributed by atoms with Crippen molar-refractivity contribution < 1.29 is 19.4 Å². The van der Waals surface area contributed by atoms with Crippen molar-refractivity contribution in [3.8, 4) is 11.5 Å². The van der Waals surface area contributed by atoms with Crippen LogP contribution >= 0.6 is 58.8 Å². The molecule has 29 heavy (non-hydrogen) atoms. The number of hydrogen-bond donors (Lipinski definition) is 2. The molecule has 0 saturated carbocycles. The number of benzene rings is 2. The molecule has 11 heteroatoms. The van der Waals surface area contributed by atoms with Gasteiger partial charge >= 0.3 is 0 Å². The van der Waals surface area contributed by atoms with Crippen LogP contribution < -0.4 is 10.2 Å². The summed E-state index contributed by atoms with van der Waals surface area (Å²) in [6, 6.07) is 9.08. The fourth-order valence-electron chi connectivity index (χ4n) is 2.20. The van der Waals surface area contributed by atoms with E-state index in [-0.39, 0.29) is 30.9 Å². The highest BCUT2D eigenvalue weighted by Crippen LogP contribution is 2.34. The van der Waals surface area contributed by atoms with Crippen molar-refractivity contribution >= 4 is 81.0 Å². The quantitative estimate of drug-likeness (QED) is 0.361. The number of phenolic OH excluding ortho intramolecular Hbond substituents is 1. The average Bonchev–Trinajstić information content (AvgIpc) is 2.93. The molecule has 2 aromatic rings. The summed E-state index contributed by atoms with van der Waals surface area (Å²) in [6.07, 6.45) is 1.61. The van der Waals surface area contributed by atoms with Gasteiger partial charge in [0.05, 0.1) is 20.0 Å². The zero-order valence-corrected chi connectivity index (χ0v) is 18.2. The zero-order valence-electron chi connectivity index (χ0n) is 14.3. The van der Waals surface area contributed by atoms with Gasteiger partial charge in [-0.3, -0.25) is 15.0 Å². The third-order valence-corrected chi connectivity index (χ3v) is 5.87. The molecule has 0 aromatic heterocycles. The van der Waals surface area contributed by atoms with E-state index in [2.05, 4.69) is 5.43 Å². The molecule has 0 atom stereocenters. The summed E-state index contributed by atoms with van der Waals surface area (Å²) in [7, 11) is 0. The first-order valence-corrected chi connectivity index (χ1v) is 10.2. The molecule has 0 spiro atoms. The maximum atomic E-state index is 12.5. The molecule has 1 fully saturated rings. The second-order valence-electron chi connectivity index (χ2n) is 5.63. The highest BCUT2D eigenvalue weighted by Gasteiger charge is 2.33. The predicted molar refractivity (Wildman–Crippen MR) is 118 cm³/mol. The molecule has 2 N–H and O–H groups in total. The van der Waals surface area contributed by atoms with E-state index in [1.165, 1.54) is 24.3 Å². The number of thiocarbonyl (C=S) groups is 1. The highest BCUT2D eigenvalue weighted by atomic mass is 35.5. The van der Waals surface area contributed by atoms with Crippen LogP contribution in [0.25, 0.3) is 6.08 Å². The molecule has 0 bridgehead atoms. The minimum Gasteiger partial charge on any atom is -0.508 e. The Hall–Kier alpha value is -1.97. The number of aromatic hydroxyl groups is 1. The summed E-state index contributed by atoms with van der Waals surface area (Å²) >= 11 is 23.9. The van der Waals surface area contributed by atoms with Gasteiger partial charge in [0.1, 0.15) is 11.5 Å². The highest BCUT2D eigenvalue weighted by molar-refractivity contribution is 8.26. The lowest BCUT2D eigenvalue weighted by molar-refractivity contribution is -0.134. The molecule has 0 unspecified atom stereocenters. The van der Waals surface area contributed by atoms with Gasteiger partial charge in [-0.25, -0.2) is 0 Å². The lowest BCUT2D eigenvalue weighted by Gasteiger charge is -2.16. The lowest BCUT2D eigenvalue weighted by atomic mass is 10.2. The molecular formula is C18H11Cl3N2O4S2. The first-order chi connectivity index (χ1) is 13.7. The smallest absolute Gasteiger partial charge is 0.285 e. The van der Waals surface area contributed by atoms with Gasteiger partial charge in [-0.15, -0.1) is 0 Å². The summed E-state index contributed by atoms with van der Waals surface area (Å²) in [6.45, 7) is -0.425. The Morgan fingerprint density at radius 1 is 1.17 bits per heavy atom. The Kier molecular flexibility index (Phi) is 6.92. The Bertz CT molecular complexity index is 1030. The molecule has 0 aliphatic carbocycles. The van der Waals surface area contributed by atoms with E-state index in [0.29, 0.717) is 10.5 Å². The van der Waals surface area contributed by atoms with Crippen molar-refractivity contribution in [1.29, 1.82) is 0 Å². The predicted octanol–water partition coefficient (Wildman–Crippen LogP) is 4.66. The van der Waals surface area contributed by atoms with Crippen molar-refractivity contribution in [3.63, 3.8) is 0 Å². The van der Waals surface area contributed by atoms with Crippen LogP contribution in [-0.2, 0) is 9.59 Å². The minimum atomic E-state index is -0.616. The van der Waals surface area contributed by atoms with E-state index in [4.69, 9.17) is 51.8 Å². The Morgan fingerprint density at radius 2 is 1.83 bits per heavy atom. The SMILES string of the molecule is O=C(COc1cc(Cl)c(Cl)cc1Cl)NN1C(=O)/C(=C/c2ccc(O)cc2)SC1=S. The molecule has 1 aliphatic heterocycles. The molecule has 150 valence electrons. The van der Waals surface area contributed by atoms with E-state index >= 15 is 0 Å². The number of ether oxygens (including phenoxy) is 1. The average molecular weight is 490 g/mol. The number of phenols is 1. The fraction of sp³-hybridized carbons (Fsp3) is 0.0556. The number of halogens is 3. The fourth-order valence-corrected chi connectivity index (χ4v) is 3.97. The summed E-state index contributed by atoms with van der Waals surface area (Å²) < 4.78 is 5.50. The number of carbonyl (C=O) groups is 2. The van der Waals surface area contributed by atoms with Crippen LogP contribution in [0.2, 0.25) is 15.1 Å². The van der Waals surface area contributed by atoms with Crippen LogP contribution in [0, 0.1) is 0 Å². The van der Waals surface area contributed by atoms with Gasteiger partial charge in [0.25, 0.3) is 11.8 Å². The molecule has 0 radical (unpaired) electrons. The largest absolute Gasteiger partial charge is 0.508 e. The molecule has 1 aliphatic rings. The van der Waals surface area contributed by atoms with Gasteiger partial charge in [0, 0.05) is 6.07 Å². The van der Waals surface area contributed by atoms with Gasteiger partial charge in [-0.2, -0.15) is 5.01 Å².